The van der Waals surface area contributed by atoms with E-state index in [0.29, 0.717) is 23.6 Å². The van der Waals surface area contributed by atoms with E-state index in [1.807, 2.05) is 6.08 Å². The van der Waals surface area contributed by atoms with E-state index in [2.05, 4.69) is 10.2 Å². The van der Waals surface area contributed by atoms with Crippen LogP contribution in [0.1, 0.15) is 6.42 Å². The Morgan fingerprint density at radius 3 is 2.61 bits per heavy atom. The normalized spacial score (nSPS) is 17.6. The number of aliphatic imine (C=N–C) groups is 1. The molecular weight excluding hydrogens is 232 g/mol. The molecule has 5 nitrogen and oxygen atoms in total. The van der Waals surface area contributed by atoms with Crippen LogP contribution in [0, 0.1) is 4.91 Å². The van der Waals surface area contributed by atoms with Crippen LogP contribution < -0.4 is 4.74 Å². The first kappa shape index (κ1) is 12.0. The second kappa shape index (κ2) is 5.70. The van der Waals surface area contributed by atoms with E-state index in [0.717, 1.165) is 0 Å². The van der Waals surface area contributed by atoms with Gasteiger partial charge in [-0.2, -0.15) is 4.99 Å². The average Bonchev–Trinajstić information content (AvgIpc) is 2.42. The molecule has 0 aromatic heterocycles. The van der Waals surface area contributed by atoms with Gasteiger partial charge in [0.15, 0.2) is 0 Å². The number of hydrogen-bond acceptors (Lipinski definition) is 5. The van der Waals surface area contributed by atoms with Gasteiger partial charge in [0, 0.05) is 0 Å². The van der Waals surface area contributed by atoms with Gasteiger partial charge in [-0.1, -0.05) is 6.08 Å². The summed E-state index contributed by atoms with van der Waals surface area (Å²) in [6.07, 6.45) is 7.51. The van der Waals surface area contributed by atoms with Gasteiger partial charge in [-0.05, 0) is 48.0 Å². The number of nitroso groups, excluding NO2 is 1. The number of ether oxygens (including phenoxy) is 1. The summed E-state index contributed by atoms with van der Waals surface area (Å²) in [5, 5.41) is 2.81. The standard InChI is InChI=1S/C13H10N2O3/c16-9-14-10-1-5-12(6-2-10)18-13-7-3-11(15-17)4-8-13/h1,3-8,10H,2H2. The van der Waals surface area contributed by atoms with Crippen LogP contribution in [-0.4, -0.2) is 12.1 Å². The molecule has 1 unspecified atom stereocenters. The maximum Gasteiger partial charge on any atom is 0.235 e. The Morgan fingerprint density at radius 2 is 2.06 bits per heavy atom. The Labute approximate surface area is 103 Å². The third-order valence-electron chi connectivity index (χ3n) is 2.44. The van der Waals surface area contributed by atoms with Crippen molar-refractivity contribution in [3.8, 4) is 5.75 Å². The van der Waals surface area contributed by atoms with Crippen molar-refractivity contribution in [2.75, 3.05) is 0 Å². The minimum atomic E-state index is -0.156. The maximum atomic E-state index is 10.3. The molecule has 18 heavy (non-hydrogen) atoms. The lowest BCUT2D eigenvalue weighted by atomic mass is 10.1. The SMILES string of the molecule is O=C=NC1C=CC(Oc2ccc(N=O)cc2)=CC1. The second-order valence-electron chi connectivity index (χ2n) is 3.68. The molecule has 0 heterocycles. The van der Waals surface area contributed by atoms with Crippen molar-refractivity contribution in [1.29, 1.82) is 0 Å². The van der Waals surface area contributed by atoms with Crippen LogP contribution in [0.3, 0.4) is 0 Å². The number of allylic oxidation sites excluding steroid dienone is 1. The molecule has 1 aliphatic rings. The van der Waals surface area contributed by atoms with E-state index in [4.69, 9.17) is 4.74 Å². The first-order chi connectivity index (χ1) is 8.81. The summed E-state index contributed by atoms with van der Waals surface area (Å²) in [5.74, 6) is 1.30. The smallest absolute Gasteiger partial charge is 0.235 e. The lowest BCUT2D eigenvalue weighted by Gasteiger charge is -2.12. The molecule has 0 aliphatic heterocycles. The second-order valence-corrected chi connectivity index (χ2v) is 3.68. The van der Waals surface area contributed by atoms with Crippen LogP contribution in [0.5, 0.6) is 5.75 Å². The lowest BCUT2D eigenvalue weighted by molar-refractivity contribution is 0.437. The minimum Gasteiger partial charge on any atom is -0.458 e. The molecule has 0 fully saturated rings. The summed E-state index contributed by atoms with van der Waals surface area (Å²) in [6, 6.07) is 6.34. The Balaban J connectivity index is 2.00. The molecule has 1 aromatic rings. The van der Waals surface area contributed by atoms with Crippen molar-refractivity contribution in [1.82, 2.24) is 0 Å². The van der Waals surface area contributed by atoms with E-state index in [1.165, 1.54) is 6.08 Å². The predicted octanol–water partition coefficient (Wildman–Crippen LogP) is 3.01. The van der Waals surface area contributed by atoms with E-state index >= 15 is 0 Å². The molecule has 0 amide bonds. The summed E-state index contributed by atoms with van der Waals surface area (Å²) < 4.78 is 5.57. The highest BCUT2D eigenvalue weighted by Crippen LogP contribution is 2.22. The van der Waals surface area contributed by atoms with E-state index in [9.17, 15) is 9.70 Å². The molecule has 90 valence electrons. The topological polar surface area (TPSA) is 68.1 Å². The van der Waals surface area contributed by atoms with Gasteiger partial charge < -0.3 is 4.74 Å². The van der Waals surface area contributed by atoms with Crippen LogP contribution in [-0.2, 0) is 4.79 Å². The molecule has 0 saturated heterocycles. The number of isocyanates is 1. The van der Waals surface area contributed by atoms with Crippen molar-refractivity contribution in [3.63, 3.8) is 0 Å². The maximum absolute atomic E-state index is 10.3. The van der Waals surface area contributed by atoms with Crippen molar-refractivity contribution < 1.29 is 9.53 Å². The van der Waals surface area contributed by atoms with Crippen LogP contribution in [0.25, 0.3) is 0 Å². The zero-order chi connectivity index (χ0) is 12.8. The largest absolute Gasteiger partial charge is 0.458 e. The third-order valence-corrected chi connectivity index (χ3v) is 2.44. The zero-order valence-electron chi connectivity index (χ0n) is 9.45. The molecule has 2 rings (SSSR count). The Hall–Kier alpha value is -2.52. The Bertz CT molecular complexity index is 540. The van der Waals surface area contributed by atoms with Crippen LogP contribution in [0.4, 0.5) is 5.69 Å². The quantitative estimate of drug-likeness (QED) is 0.463. The zero-order valence-corrected chi connectivity index (χ0v) is 9.45. The van der Waals surface area contributed by atoms with Gasteiger partial charge in [0.25, 0.3) is 0 Å². The van der Waals surface area contributed by atoms with Crippen LogP contribution in [0.15, 0.2) is 58.4 Å². The first-order valence-corrected chi connectivity index (χ1v) is 5.38. The number of hydrogen-bond donors (Lipinski definition) is 0. The fourth-order valence-electron chi connectivity index (χ4n) is 1.54. The fourth-order valence-corrected chi connectivity index (χ4v) is 1.54. The molecule has 1 aromatic carbocycles. The predicted molar refractivity (Wildman–Crippen MR) is 66.3 cm³/mol. The third kappa shape index (κ3) is 2.99. The van der Waals surface area contributed by atoms with Gasteiger partial charge in [0.2, 0.25) is 6.08 Å². The van der Waals surface area contributed by atoms with Crippen molar-refractivity contribution in [3.05, 3.63) is 53.2 Å². The summed E-state index contributed by atoms with van der Waals surface area (Å²) in [6.45, 7) is 0. The molecule has 1 aliphatic carbocycles. The summed E-state index contributed by atoms with van der Waals surface area (Å²) in [4.78, 5) is 24.0. The molecule has 0 N–H and O–H groups in total. The van der Waals surface area contributed by atoms with Gasteiger partial charge in [-0.3, -0.25) is 0 Å². The van der Waals surface area contributed by atoms with Gasteiger partial charge >= 0.3 is 0 Å². The van der Waals surface area contributed by atoms with Gasteiger partial charge in [0.05, 0.1) is 6.04 Å². The van der Waals surface area contributed by atoms with Crippen LogP contribution in [0.2, 0.25) is 0 Å². The molecule has 0 saturated carbocycles. The van der Waals surface area contributed by atoms with E-state index in [1.54, 1.807) is 36.4 Å². The first-order valence-electron chi connectivity index (χ1n) is 5.38. The molecule has 1 atom stereocenters. The van der Waals surface area contributed by atoms with Crippen LogP contribution >= 0.6 is 0 Å². The summed E-state index contributed by atoms with van der Waals surface area (Å²) in [5.41, 5.74) is 0.357. The monoisotopic (exact) mass is 242 g/mol. The van der Waals surface area contributed by atoms with Crippen molar-refractivity contribution >= 4 is 11.8 Å². The number of carbonyl (C=O) groups excluding carboxylic acids is 1. The Kier molecular flexibility index (Phi) is 3.79. The summed E-state index contributed by atoms with van der Waals surface area (Å²) in [7, 11) is 0. The molecule has 0 radical (unpaired) electrons. The molecule has 0 spiro atoms. The van der Waals surface area contributed by atoms with E-state index in [-0.39, 0.29) is 6.04 Å². The van der Waals surface area contributed by atoms with Crippen molar-refractivity contribution in [2.45, 2.75) is 12.5 Å². The average molecular weight is 242 g/mol. The molecular formula is C13H10N2O3. The highest BCUT2D eigenvalue weighted by molar-refractivity contribution is 5.42. The van der Waals surface area contributed by atoms with Gasteiger partial charge in [0.1, 0.15) is 17.2 Å². The molecule has 5 heteroatoms. The highest BCUT2D eigenvalue weighted by atomic mass is 16.5. The van der Waals surface area contributed by atoms with Gasteiger partial charge in [-0.25, -0.2) is 4.79 Å². The number of nitrogens with zero attached hydrogens (tertiary/aromatic N) is 2. The van der Waals surface area contributed by atoms with Crippen molar-refractivity contribution in [2.24, 2.45) is 10.2 Å². The number of benzene rings is 1. The number of rotatable bonds is 4. The van der Waals surface area contributed by atoms with E-state index < -0.39 is 0 Å². The highest BCUT2D eigenvalue weighted by Gasteiger charge is 2.08. The lowest BCUT2D eigenvalue weighted by Crippen LogP contribution is -2.05. The summed E-state index contributed by atoms with van der Waals surface area (Å²) >= 11 is 0. The fraction of sp³-hybridized carbons (Fsp3) is 0.154. The Morgan fingerprint density at radius 1 is 1.28 bits per heavy atom. The van der Waals surface area contributed by atoms with Gasteiger partial charge in [-0.15, -0.1) is 4.91 Å². The minimum absolute atomic E-state index is 0.156. The molecule has 0 bridgehead atoms.